The predicted molar refractivity (Wildman–Crippen MR) is 145 cm³/mol. The van der Waals surface area contributed by atoms with Crippen molar-refractivity contribution in [2.45, 2.75) is 36.5 Å². The lowest BCUT2D eigenvalue weighted by atomic mass is 9.87. The van der Waals surface area contributed by atoms with E-state index in [1.165, 1.54) is 17.4 Å². The minimum absolute atomic E-state index is 0.283. The largest absolute Gasteiger partial charge is 0.339 e. The fourth-order valence-electron chi connectivity index (χ4n) is 5.18. The van der Waals surface area contributed by atoms with Crippen molar-refractivity contribution in [2.75, 3.05) is 25.9 Å². The van der Waals surface area contributed by atoms with Crippen LogP contribution in [0.25, 0.3) is 11.4 Å². The lowest BCUT2D eigenvalue weighted by molar-refractivity contribution is 0.174. The number of rotatable bonds is 9. The third kappa shape index (κ3) is 6.53. The number of likely N-dealkylation sites (tertiary alicyclic amines) is 1. The zero-order valence-corrected chi connectivity index (χ0v) is 22.0. The second kappa shape index (κ2) is 11.4. The maximum atomic E-state index is 11.7. The van der Waals surface area contributed by atoms with Crippen molar-refractivity contribution >= 4 is 9.84 Å². The highest BCUT2D eigenvalue weighted by molar-refractivity contribution is 7.90. The molecule has 7 heteroatoms. The van der Waals surface area contributed by atoms with E-state index in [0.29, 0.717) is 23.6 Å². The molecule has 1 fully saturated rings. The van der Waals surface area contributed by atoms with Gasteiger partial charge in [-0.1, -0.05) is 65.8 Å². The number of nitrogens with zero attached hydrogens (tertiary/aromatic N) is 3. The molecule has 0 atom stereocenters. The molecule has 6 nitrogen and oxygen atoms in total. The topological polar surface area (TPSA) is 76.3 Å². The lowest BCUT2D eigenvalue weighted by Crippen LogP contribution is -2.35. The second-order valence-electron chi connectivity index (χ2n) is 9.96. The smallest absolute Gasteiger partial charge is 0.227 e. The van der Waals surface area contributed by atoms with E-state index in [-0.39, 0.29) is 4.90 Å². The van der Waals surface area contributed by atoms with Gasteiger partial charge in [0.2, 0.25) is 11.7 Å². The first-order valence-electron chi connectivity index (χ1n) is 12.9. The molecule has 4 aromatic rings. The molecule has 1 aromatic heterocycles. The summed E-state index contributed by atoms with van der Waals surface area (Å²) in [4.78, 5) is 7.44. The maximum absolute atomic E-state index is 11.7. The normalized spacial score (nSPS) is 15.3. The summed E-state index contributed by atoms with van der Waals surface area (Å²) >= 11 is 0. The van der Waals surface area contributed by atoms with E-state index in [4.69, 9.17) is 4.52 Å². The van der Waals surface area contributed by atoms with E-state index in [1.54, 1.807) is 24.3 Å². The first kappa shape index (κ1) is 25.4. The summed E-state index contributed by atoms with van der Waals surface area (Å²) in [6.07, 6.45) is 5.30. The molecule has 0 spiro atoms. The summed E-state index contributed by atoms with van der Waals surface area (Å²) in [5.41, 5.74) is 3.51. The Kier molecular flexibility index (Phi) is 7.82. The molecule has 1 aliphatic heterocycles. The number of aromatic nitrogens is 2. The van der Waals surface area contributed by atoms with Gasteiger partial charge >= 0.3 is 0 Å². The van der Waals surface area contributed by atoms with Crippen molar-refractivity contribution in [3.8, 4) is 11.4 Å². The van der Waals surface area contributed by atoms with Crippen LogP contribution in [0.5, 0.6) is 0 Å². The van der Waals surface area contributed by atoms with Gasteiger partial charge in [-0.25, -0.2) is 8.42 Å². The van der Waals surface area contributed by atoms with Crippen LogP contribution in [0.15, 0.2) is 94.3 Å². The Labute approximate surface area is 219 Å². The van der Waals surface area contributed by atoms with Crippen LogP contribution in [0.3, 0.4) is 0 Å². The standard InChI is InChI=1S/C30H33N3O3S/c1-37(34,35)27-14-12-26(13-15-27)30-31-29(36-32-30)22-23-16-19-33(20-17-23)21-18-28(24-8-4-2-5-9-24)25-10-6-3-7-11-25/h2-15,23,28H,16-22H2,1H3. The van der Waals surface area contributed by atoms with Crippen molar-refractivity contribution in [2.24, 2.45) is 5.92 Å². The van der Waals surface area contributed by atoms with Crippen LogP contribution in [-0.2, 0) is 16.3 Å². The first-order valence-corrected chi connectivity index (χ1v) is 14.8. The molecule has 3 aromatic carbocycles. The van der Waals surface area contributed by atoms with Crippen molar-refractivity contribution in [3.63, 3.8) is 0 Å². The average Bonchev–Trinajstić information content (AvgIpc) is 3.39. The van der Waals surface area contributed by atoms with Gasteiger partial charge in [0.25, 0.3) is 0 Å². The predicted octanol–water partition coefficient (Wildman–Crippen LogP) is 5.62. The van der Waals surface area contributed by atoms with E-state index in [9.17, 15) is 8.42 Å². The van der Waals surface area contributed by atoms with Crippen LogP contribution in [0, 0.1) is 5.92 Å². The zero-order valence-electron chi connectivity index (χ0n) is 21.2. The van der Waals surface area contributed by atoms with E-state index in [0.717, 1.165) is 50.9 Å². The van der Waals surface area contributed by atoms with Gasteiger partial charge < -0.3 is 9.42 Å². The van der Waals surface area contributed by atoms with Crippen LogP contribution in [-0.4, -0.2) is 49.3 Å². The summed E-state index contributed by atoms with van der Waals surface area (Å²) in [7, 11) is -3.23. The summed E-state index contributed by atoms with van der Waals surface area (Å²) in [6.45, 7) is 3.24. The van der Waals surface area contributed by atoms with Gasteiger partial charge in [-0.05, 0) is 80.2 Å². The van der Waals surface area contributed by atoms with Gasteiger partial charge in [-0.3, -0.25) is 0 Å². The van der Waals surface area contributed by atoms with Gasteiger partial charge in [0.1, 0.15) is 0 Å². The third-order valence-electron chi connectivity index (χ3n) is 7.32. The lowest BCUT2D eigenvalue weighted by Gasteiger charge is -2.32. The minimum Gasteiger partial charge on any atom is -0.339 e. The molecule has 0 unspecified atom stereocenters. The monoisotopic (exact) mass is 515 g/mol. The molecule has 0 amide bonds. The van der Waals surface area contributed by atoms with E-state index in [1.807, 2.05) is 0 Å². The van der Waals surface area contributed by atoms with Gasteiger partial charge in [-0.2, -0.15) is 4.98 Å². The molecule has 1 saturated heterocycles. The zero-order chi connectivity index (χ0) is 25.7. The Bertz CT molecular complexity index is 1340. The molecule has 37 heavy (non-hydrogen) atoms. The van der Waals surface area contributed by atoms with Crippen LogP contribution in [0.4, 0.5) is 0 Å². The fraction of sp³-hybridized carbons (Fsp3) is 0.333. The highest BCUT2D eigenvalue weighted by Crippen LogP contribution is 2.29. The van der Waals surface area contributed by atoms with Gasteiger partial charge in [0.15, 0.2) is 9.84 Å². The van der Waals surface area contributed by atoms with Crippen molar-refractivity contribution in [1.29, 1.82) is 0 Å². The highest BCUT2D eigenvalue weighted by Gasteiger charge is 2.23. The molecular weight excluding hydrogens is 482 g/mol. The van der Waals surface area contributed by atoms with Crippen molar-refractivity contribution in [1.82, 2.24) is 15.0 Å². The Morgan fingerprint density at radius 3 is 2.05 bits per heavy atom. The SMILES string of the molecule is CS(=O)(=O)c1ccc(-c2noc(CC3CCN(CCC(c4ccccc4)c4ccccc4)CC3)n2)cc1. The summed E-state index contributed by atoms with van der Waals surface area (Å²) in [5.74, 6) is 2.08. The summed E-state index contributed by atoms with van der Waals surface area (Å²) in [6, 6.07) is 28.2. The molecule has 0 saturated carbocycles. The molecule has 0 N–H and O–H groups in total. The molecule has 0 aliphatic carbocycles. The number of sulfone groups is 1. The van der Waals surface area contributed by atoms with Gasteiger partial charge in [-0.15, -0.1) is 0 Å². The second-order valence-corrected chi connectivity index (χ2v) is 12.0. The minimum atomic E-state index is -3.23. The Balaban J connectivity index is 1.14. The molecule has 2 heterocycles. The molecule has 5 rings (SSSR count). The molecule has 0 bridgehead atoms. The summed E-state index contributed by atoms with van der Waals surface area (Å²) < 4.78 is 28.9. The average molecular weight is 516 g/mol. The molecule has 1 aliphatic rings. The highest BCUT2D eigenvalue weighted by atomic mass is 32.2. The number of hydrogen-bond acceptors (Lipinski definition) is 6. The number of hydrogen-bond donors (Lipinski definition) is 0. The van der Waals surface area contributed by atoms with Gasteiger partial charge in [0.05, 0.1) is 4.90 Å². The third-order valence-corrected chi connectivity index (χ3v) is 8.45. The van der Waals surface area contributed by atoms with E-state index >= 15 is 0 Å². The fourth-order valence-corrected chi connectivity index (χ4v) is 5.81. The molecule has 192 valence electrons. The number of piperidine rings is 1. The molecular formula is C30H33N3O3S. The molecule has 0 radical (unpaired) electrons. The quantitative estimate of drug-likeness (QED) is 0.288. The summed E-state index contributed by atoms with van der Waals surface area (Å²) in [5, 5.41) is 4.12. The van der Waals surface area contributed by atoms with Crippen LogP contribution >= 0.6 is 0 Å². The van der Waals surface area contributed by atoms with Crippen molar-refractivity contribution in [3.05, 3.63) is 102 Å². The Hall–Kier alpha value is -3.29. The van der Waals surface area contributed by atoms with E-state index < -0.39 is 9.84 Å². The van der Waals surface area contributed by atoms with Crippen LogP contribution in [0.2, 0.25) is 0 Å². The maximum Gasteiger partial charge on any atom is 0.227 e. The number of benzene rings is 3. The van der Waals surface area contributed by atoms with Crippen molar-refractivity contribution < 1.29 is 12.9 Å². The van der Waals surface area contributed by atoms with Crippen LogP contribution < -0.4 is 0 Å². The first-order chi connectivity index (χ1) is 18.0. The Morgan fingerprint density at radius 2 is 1.49 bits per heavy atom. The van der Waals surface area contributed by atoms with E-state index in [2.05, 4.69) is 75.7 Å². The van der Waals surface area contributed by atoms with Crippen LogP contribution in [0.1, 0.15) is 42.2 Å². The van der Waals surface area contributed by atoms with Gasteiger partial charge in [0, 0.05) is 24.2 Å². The Morgan fingerprint density at radius 1 is 0.892 bits per heavy atom.